The Bertz CT molecular complexity index is 2120. The Balaban J connectivity index is 1.02. The Hall–Kier alpha value is -5.92. The van der Waals surface area contributed by atoms with Crippen LogP contribution in [0.2, 0.25) is 0 Å². The molecular weight excluding hydrogens is 725 g/mol. The zero-order valence-corrected chi connectivity index (χ0v) is 33.4. The number of hydrogen-bond acceptors (Lipinski definition) is 8. The zero-order valence-electron chi connectivity index (χ0n) is 33.4. The second-order valence-corrected chi connectivity index (χ2v) is 15.9. The van der Waals surface area contributed by atoms with Gasteiger partial charge < -0.3 is 39.9 Å². The summed E-state index contributed by atoms with van der Waals surface area (Å²) in [7, 11) is 2.58. The van der Waals surface area contributed by atoms with Gasteiger partial charge in [0.2, 0.25) is 11.8 Å². The summed E-state index contributed by atoms with van der Waals surface area (Å²) in [4.78, 5) is 71.4. The second kappa shape index (κ2) is 16.7. The molecule has 0 bridgehead atoms. The van der Waals surface area contributed by atoms with Crippen LogP contribution in [0.25, 0.3) is 33.6 Å². The van der Waals surface area contributed by atoms with E-state index >= 15 is 0 Å². The number of H-pyrrole nitrogens is 2. The first-order valence-electron chi connectivity index (χ1n) is 19.8. The van der Waals surface area contributed by atoms with E-state index in [4.69, 9.17) is 14.5 Å². The molecule has 2 fully saturated rings. The maximum absolute atomic E-state index is 13.9. The van der Waals surface area contributed by atoms with Gasteiger partial charge in [-0.15, -0.1) is 0 Å². The zero-order chi connectivity index (χ0) is 40.4. The van der Waals surface area contributed by atoms with Crippen LogP contribution in [0.4, 0.5) is 9.59 Å². The normalized spacial score (nSPS) is 19.1. The van der Waals surface area contributed by atoms with Gasteiger partial charge in [-0.3, -0.25) is 9.59 Å². The number of aromatic nitrogens is 4. The highest BCUT2D eigenvalue weighted by Gasteiger charge is 2.41. The molecule has 2 aromatic heterocycles. The highest BCUT2D eigenvalue weighted by Crippen LogP contribution is 2.43. The summed E-state index contributed by atoms with van der Waals surface area (Å²) in [5.74, 6) is 1.36. The third-order valence-corrected chi connectivity index (χ3v) is 11.3. The van der Waals surface area contributed by atoms with Crippen LogP contribution in [-0.4, -0.2) is 93.1 Å². The number of rotatable bonds is 12. The van der Waals surface area contributed by atoms with Crippen molar-refractivity contribution in [3.05, 3.63) is 84.2 Å². The molecule has 4 heterocycles. The summed E-state index contributed by atoms with van der Waals surface area (Å²) in [6.45, 7) is 8.73. The number of amides is 4. The number of benzene rings is 2. The lowest BCUT2D eigenvalue weighted by molar-refractivity contribution is -0.136. The first-order valence-corrected chi connectivity index (χ1v) is 19.8. The highest BCUT2D eigenvalue weighted by molar-refractivity contribution is 5.87. The number of nitrogens with one attached hydrogen (secondary N) is 4. The van der Waals surface area contributed by atoms with Gasteiger partial charge in [-0.25, -0.2) is 19.6 Å². The molecule has 4 N–H and O–H groups in total. The van der Waals surface area contributed by atoms with E-state index in [0.717, 1.165) is 65.1 Å². The number of aromatic amines is 2. The summed E-state index contributed by atoms with van der Waals surface area (Å²) < 4.78 is 9.56. The fraction of sp³-hybridized carbons (Fsp3) is 0.442. The molecule has 1 saturated carbocycles. The van der Waals surface area contributed by atoms with E-state index < -0.39 is 24.3 Å². The molecule has 1 aliphatic carbocycles. The van der Waals surface area contributed by atoms with E-state index in [2.05, 4.69) is 80.2 Å². The SMILES string of the molecule is COC(=O)N[C@H](C(=O)N1CCC[C@H]1c1ncc(-c2ccc(-c3ccc(-c4cnc([C@H]5C=C(C6CC6)CN5C(=O)[C@H](NC(=O)OC)C(C)C)[nH]4)cc3)cc2)[nH]1)C(C)C. The molecule has 2 aliphatic heterocycles. The van der Waals surface area contributed by atoms with Gasteiger partial charge in [0.25, 0.3) is 0 Å². The molecule has 14 heteroatoms. The summed E-state index contributed by atoms with van der Waals surface area (Å²) in [6.07, 6.45) is 8.38. The Morgan fingerprint density at radius 3 is 1.65 bits per heavy atom. The maximum atomic E-state index is 13.9. The lowest BCUT2D eigenvalue weighted by Gasteiger charge is -2.30. The second-order valence-electron chi connectivity index (χ2n) is 15.9. The minimum absolute atomic E-state index is 0.106. The molecule has 1 saturated heterocycles. The molecule has 4 aromatic rings. The van der Waals surface area contributed by atoms with Gasteiger partial charge in [0.15, 0.2) is 0 Å². The molecule has 0 spiro atoms. The fourth-order valence-electron chi connectivity index (χ4n) is 7.84. The van der Waals surface area contributed by atoms with Crippen molar-refractivity contribution < 1.29 is 28.7 Å². The summed E-state index contributed by atoms with van der Waals surface area (Å²) in [5, 5.41) is 5.42. The van der Waals surface area contributed by atoms with Crippen molar-refractivity contribution in [2.75, 3.05) is 27.3 Å². The van der Waals surface area contributed by atoms with Crippen LogP contribution in [0.1, 0.15) is 77.1 Å². The first kappa shape index (κ1) is 39.3. The van der Waals surface area contributed by atoms with E-state index in [0.29, 0.717) is 24.8 Å². The molecule has 0 radical (unpaired) electrons. The minimum atomic E-state index is -0.720. The number of methoxy groups -OCH3 is 2. The largest absolute Gasteiger partial charge is 0.453 e. The molecule has 300 valence electrons. The highest BCUT2D eigenvalue weighted by atomic mass is 16.5. The summed E-state index contributed by atoms with van der Waals surface area (Å²) in [6, 6.07) is 14.5. The summed E-state index contributed by atoms with van der Waals surface area (Å²) >= 11 is 0. The van der Waals surface area contributed by atoms with Gasteiger partial charge in [-0.1, -0.05) is 82.3 Å². The van der Waals surface area contributed by atoms with Crippen molar-refractivity contribution in [2.45, 2.75) is 77.5 Å². The van der Waals surface area contributed by atoms with Crippen LogP contribution in [-0.2, 0) is 19.1 Å². The number of imidazole rings is 2. The van der Waals surface area contributed by atoms with Gasteiger partial charge in [-0.2, -0.15) is 0 Å². The lowest BCUT2D eigenvalue weighted by atomic mass is 10.0. The van der Waals surface area contributed by atoms with Crippen LogP contribution < -0.4 is 10.6 Å². The molecule has 14 nitrogen and oxygen atoms in total. The van der Waals surface area contributed by atoms with Crippen LogP contribution in [0.5, 0.6) is 0 Å². The first-order chi connectivity index (χ1) is 27.4. The number of carbonyl (C=O) groups excluding carboxylic acids is 4. The molecule has 4 amide bonds. The number of ether oxygens (including phenoxy) is 2. The maximum Gasteiger partial charge on any atom is 0.407 e. The van der Waals surface area contributed by atoms with Gasteiger partial charge in [0.1, 0.15) is 29.8 Å². The van der Waals surface area contributed by atoms with Crippen LogP contribution in [0.15, 0.2) is 72.6 Å². The molecular formula is C43H52N8O6. The molecule has 3 aliphatic rings. The molecule has 2 aromatic carbocycles. The minimum Gasteiger partial charge on any atom is -0.453 e. The van der Waals surface area contributed by atoms with E-state index in [1.807, 2.05) is 37.5 Å². The standard InChI is InChI=1S/C43H52N8O6/c1-24(2)36(48-42(54)56-5)40(52)50-19-7-8-34(50)38-44-21-32(46-38)29-15-11-26(12-16-29)27-13-17-30(18-14-27)33-22-45-39(47-33)35-20-31(28-9-10-28)23-51(35)41(53)37(25(3)4)49-43(55)57-6/h11-18,20-22,24-25,28,34-37H,7-10,19,23H2,1-6H3,(H,44,46)(H,45,47)(H,48,54)(H,49,55)/t34-,35+,36-,37+/m0/s1. The predicted molar refractivity (Wildman–Crippen MR) is 214 cm³/mol. The van der Waals surface area contributed by atoms with Crippen LogP contribution in [0.3, 0.4) is 0 Å². The topological polar surface area (TPSA) is 175 Å². The van der Waals surface area contributed by atoms with Gasteiger partial charge in [-0.05, 0) is 71.3 Å². The Labute approximate surface area is 332 Å². The van der Waals surface area contributed by atoms with Crippen LogP contribution in [0, 0.1) is 17.8 Å². The van der Waals surface area contributed by atoms with Gasteiger partial charge >= 0.3 is 12.2 Å². The lowest BCUT2D eigenvalue weighted by Crippen LogP contribution is -2.51. The summed E-state index contributed by atoms with van der Waals surface area (Å²) in [5.41, 5.74) is 6.99. The fourth-order valence-corrected chi connectivity index (χ4v) is 7.84. The van der Waals surface area contributed by atoms with Crippen molar-refractivity contribution in [2.24, 2.45) is 17.8 Å². The number of carbonyl (C=O) groups is 4. The number of nitrogens with zero attached hydrogens (tertiary/aromatic N) is 4. The van der Waals surface area contributed by atoms with E-state index in [1.54, 1.807) is 12.4 Å². The van der Waals surface area contributed by atoms with Gasteiger partial charge in [0.05, 0.1) is 44.0 Å². The molecule has 7 rings (SSSR count). The Morgan fingerprint density at radius 2 is 1.16 bits per heavy atom. The molecule has 0 unspecified atom stereocenters. The number of likely N-dealkylation sites (tertiary alicyclic amines) is 1. The van der Waals surface area contributed by atoms with Crippen LogP contribution >= 0.6 is 0 Å². The van der Waals surface area contributed by atoms with Crippen molar-refractivity contribution in [3.8, 4) is 33.6 Å². The third-order valence-electron chi connectivity index (χ3n) is 11.3. The third kappa shape index (κ3) is 8.45. The monoisotopic (exact) mass is 776 g/mol. The van der Waals surface area contributed by atoms with Crippen molar-refractivity contribution >= 4 is 24.0 Å². The molecule has 57 heavy (non-hydrogen) atoms. The smallest absolute Gasteiger partial charge is 0.407 e. The van der Waals surface area contributed by atoms with Crippen molar-refractivity contribution in [3.63, 3.8) is 0 Å². The van der Waals surface area contributed by atoms with E-state index in [-0.39, 0.29) is 35.7 Å². The van der Waals surface area contributed by atoms with Gasteiger partial charge in [0, 0.05) is 13.1 Å². The average molecular weight is 777 g/mol. The molecule has 4 atom stereocenters. The Kier molecular flexibility index (Phi) is 11.5. The number of alkyl carbamates (subject to hydrolysis) is 2. The Morgan fingerprint density at radius 1 is 0.684 bits per heavy atom. The van der Waals surface area contributed by atoms with E-state index in [9.17, 15) is 19.2 Å². The van der Waals surface area contributed by atoms with Crippen molar-refractivity contribution in [1.29, 1.82) is 0 Å². The predicted octanol–water partition coefficient (Wildman–Crippen LogP) is 6.78. The number of hydrogen-bond donors (Lipinski definition) is 4. The average Bonchev–Trinajstić information content (AvgIpc) is 3.65. The van der Waals surface area contributed by atoms with E-state index in [1.165, 1.54) is 19.8 Å². The quantitative estimate of drug-likeness (QED) is 0.114. The van der Waals surface area contributed by atoms with Crippen molar-refractivity contribution in [1.82, 2.24) is 40.4 Å².